The molecule has 45 heavy (non-hydrogen) atoms. The van der Waals surface area contributed by atoms with Crippen LogP contribution in [-0.4, -0.2) is 82.1 Å². The van der Waals surface area contributed by atoms with E-state index in [1.807, 2.05) is 0 Å². The van der Waals surface area contributed by atoms with Gasteiger partial charge in [0.25, 0.3) is 6.47 Å². The van der Waals surface area contributed by atoms with E-state index in [1.165, 1.54) is 38.5 Å². The zero-order chi connectivity index (χ0) is 33.4. The first kappa shape index (κ1) is 42.6. The maximum Gasteiger partial charge on any atom is 0.508 e. The number of unbranched alkanes of at least 4 members (excludes halogenated alkanes) is 9. The number of nitrogens with zero attached hydrogens (tertiary/aromatic N) is 1. The molecule has 2 unspecified atom stereocenters. The van der Waals surface area contributed by atoms with Gasteiger partial charge in [-0.05, 0) is 51.1 Å². The normalized spacial score (nSPS) is 12.4. The third-order valence-electron chi connectivity index (χ3n) is 7.97. The van der Waals surface area contributed by atoms with Crippen LogP contribution in [0.25, 0.3) is 0 Å². The predicted molar refractivity (Wildman–Crippen MR) is 176 cm³/mol. The molecule has 0 radical (unpaired) electrons. The van der Waals surface area contributed by atoms with Gasteiger partial charge < -0.3 is 28.6 Å². The minimum Gasteiger partial charge on any atom is -0.467 e. The highest BCUT2D eigenvalue weighted by atomic mass is 16.7. The van der Waals surface area contributed by atoms with E-state index in [-0.39, 0.29) is 38.4 Å². The Labute approximate surface area is 273 Å². The van der Waals surface area contributed by atoms with Crippen LogP contribution in [0.15, 0.2) is 0 Å². The van der Waals surface area contributed by atoms with Crippen molar-refractivity contribution in [2.45, 2.75) is 137 Å². The fraction of sp³-hybridized carbons (Fsp3) is 0.886. The van der Waals surface area contributed by atoms with Crippen LogP contribution in [-0.2, 0) is 38.1 Å². The average Bonchev–Trinajstić information content (AvgIpc) is 3.04. The molecule has 0 rings (SSSR count). The van der Waals surface area contributed by atoms with Gasteiger partial charge in [0, 0.05) is 19.4 Å². The minimum absolute atomic E-state index is 0.0176. The Morgan fingerprint density at radius 1 is 0.578 bits per heavy atom. The number of ether oxygens (including phenoxy) is 5. The van der Waals surface area contributed by atoms with Gasteiger partial charge in [0.2, 0.25) is 0 Å². The summed E-state index contributed by atoms with van der Waals surface area (Å²) in [6, 6.07) is 0. The van der Waals surface area contributed by atoms with Gasteiger partial charge in [0.15, 0.2) is 0 Å². The van der Waals surface area contributed by atoms with Crippen LogP contribution in [0.4, 0.5) is 4.79 Å². The summed E-state index contributed by atoms with van der Waals surface area (Å²) in [6.45, 7) is 12.3. The molecule has 0 N–H and O–H groups in total. The van der Waals surface area contributed by atoms with E-state index in [0.29, 0.717) is 44.7 Å². The van der Waals surface area contributed by atoms with Crippen molar-refractivity contribution in [1.29, 1.82) is 0 Å². The molecule has 0 heterocycles. The summed E-state index contributed by atoms with van der Waals surface area (Å²) in [7, 11) is 0. The Balaban J connectivity index is 3.99. The van der Waals surface area contributed by atoms with Crippen molar-refractivity contribution in [3.05, 3.63) is 0 Å². The van der Waals surface area contributed by atoms with E-state index in [2.05, 4.69) is 32.6 Å². The van der Waals surface area contributed by atoms with E-state index in [4.69, 9.17) is 23.7 Å². The van der Waals surface area contributed by atoms with Gasteiger partial charge in [-0.2, -0.15) is 0 Å². The van der Waals surface area contributed by atoms with Crippen LogP contribution in [0.1, 0.15) is 137 Å². The van der Waals surface area contributed by atoms with Crippen LogP contribution in [0.3, 0.4) is 0 Å². The summed E-state index contributed by atoms with van der Waals surface area (Å²) >= 11 is 0. The summed E-state index contributed by atoms with van der Waals surface area (Å²) in [4.78, 5) is 49.1. The van der Waals surface area contributed by atoms with Gasteiger partial charge in [-0.1, -0.05) is 91.9 Å². The smallest absolute Gasteiger partial charge is 0.467 e. The Morgan fingerprint density at radius 3 is 1.69 bits per heavy atom. The lowest BCUT2D eigenvalue weighted by atomic mass is 9.96. The van der Waals surface area contributed by atoms with Crippen molar-refractivity contribution in [1.82, 2.24) is 4.90 Å². The monoisotopic (exact) mass is 643 g/mol. The second-order valence-corrected chi connectivity index (χ2v) is 11.9. The zero-order valence-corrected chi connectivity index (χ0v) is 29.0. The van der Waals surface area contributed by atoms with Gasteiger partial charge in [0.05, 0.1) is 19.1 Å². The van der Waals surface area contributed by atoms with Gasteiger partial charge in [-0.3, -0.25) is 14.4 Å². The Kier molecular flexibility index (Phi) is 30.0. The molecule has 0 bridgehead atoms. The first-order valence-electron chi connectivity index (χ1n) is 17.8. The highest BCUT2D eigenvalue weighted by molar-refractivity contribution is 5.69. The first-order chi connectivity index (χ1) is 21.9. The van der Waals surface area contributed by atoms with Crippen LogP contribution >= 0.6 is 0 Å². The largest absolute Gasteiger partial charge is 0.508 e. The lowest BCUT2D eigenvalue weighted by Gasteiger charge is -2.18. The highest BCUT2D eigenvalue weighted by Gasteiger charge is 2.17. The second kappa shape index (κ2) is 31.6. The molecule has 0 saturated carbocycles. The summed E-state index contributed by atoms with van der Waals surface area (Å²) in [5, 5.41) is 0. The van der Waals surface area contributed by atoms with Crippen molar-refractivity contribution >= 4 is 24.6 Å². The molecule has 0 amide bonds. The quantitative estimate of drug-likeness (QED) is 0.0313. The fourth-order valence-electron chi connectivity index (χ4n) is 5.01. The molecular formula is C35H65NO9. The number of rotatable bonds is 32. The Hall–Kier alpha value is -2.36. The summed E-state index contributed by atoms with van der Waals surface area (Å²) in [6.07, 6.45) is 15.7. The summed E-state index contributed by atoms with van der Waals surface area (Å²) in [5.74, 6) is -0.405. The van der Waals surface area contributed by atoms with Crippen molar-refractivity contribution in [3.63, 3.8) is 0 Å². The molecule has 0 aliphatic carbocycles. The molecular weight excluding hydrogens is 578 g/mol. The van der Waals surface area contributed by atoms with Crippen molar-refractivity contribution in [2.75, 3.05) is 52.7 Å². The second-order valence-electron chi connectivity index (χ2n) is 11.9. The maximum absolute atomic E-state index is 12.2. The Bertz CT molecular complexity index is 730. The van der Waals surface area contributed by atoms with E-state index < -0.39 is 12.1 Å². The van der Waals surface area contributed by atoms with Crippen molar-refractivity contribution in [2.24, 2.45) is 11.8 Å². The standard InChI is InChI=1S/C35H65NO9/c1-5-9-11-16-21-31(20-10-6-2)27-43-33(38)22-17-14-12-13-15-18-23-34(39)44-28-32(26-41-30-37)29-45-35(40)42-25-19-24-36(7-3)8-4/h30-32H,5-29H2,1-4H3. The maximum atomic E-state index is 12.2. The van der Waals surface area contributed by atoms with E-state index >= 15 is 0 Å². The van der Waals surface area contributed by atoms with Crippen LogP contribution in [0.5, 0.6) is 0 Å². The van der Waals surface area contributed by atoms with E-state index in [9.17, 15) is 19.2 Å². The minimum atomic E-state index is -0.793. The first-order valence-corrected chi connectivity index (χ1v) is 17.8. The number of carbonyl (C=O) groups excluding carboxylic acids is 4. The topological polar surface area (TPSA) is 118 Å². The number of carbonyl (C=O) groups is 4. The molecule has 10 nitrogen and oxygen atoms in total. The van der Waals surface area contributed by atoms with Gasteiger partial charge >= 0.3 is 18.1 Å². The molecule has 0 aliphatic heterocycles. The lowest BCUT2D eigenvalue weighted by Crippen LogP contribution is -2.26. The lowest BCUT2D eigenvalue weighted by molar-refractivity contribution is -0.147. The van der Waals surface area contributed by atoms with Crippen molar-refractivity contribution < 1.29 is 42.9 Å². The number of hydrogen-bond acceptors (Lipinski definition) is 10. The molecule has 0 fully saturated rings. The molecule has 0 aromatic rings. The molecule has 10 heteroatoms. The molecule has 2 atom stereocenters. The molecule has 0 aliphatic rings. The van der Waals surface area contributed by atoms with Crippen LogP contribution in [0.2, 0.25) is 0 Å². The number of hydrogen-bond donors (Lipinski definition) is 0. The molecule has 0 aromatic heterocycles. The summed E-state index contributed by atoms with van der Waals surface area (Å²) < 4.78 is 25.9. The molecule has 264 valence electrons. The highest BCUT2D eigenvalue weighted by Crippen LogP contribution is 2.18. The van der Waals surface area contributed by atoms with Gasteiger partial charge in [0.1, 0.15) is 19.8 Å². The average molecular weight is 644 g/mol. The zero-order valence-electron chi connectivity index (χ0n) is 29.0. The third kappa shape index (κ3) is 27.7. The summed E-state index contributed by atoms with van der Waals surface area (Å²) in [5.41, 5.74) is 0. The van der Waals surface area contributed by atoms with Crippen LogP contribution in [0, 0.1) is 11.8 Å². The van der Waals surface area contributed by atoms with Crippen molar-refractivity contribution in [3.8, 4) is 0 Å². The third-order valence-corrected chi connectivity index (χ3v) is 7.97. The molecule has 0 saturated heterocycles. The SMILES string of the molecule is CCCCCCC(CCCC)COC(=O)CCCCCCCCC(=O)OCC(COC=O)COC(=O)OCCCN(CC)CC. The van der Waals surface area contributed by atoms with E-state index in [0.717, 1.165) is 64.6 Å². The molecule has 0 spiro atoms. The predicted octanol–water partition coefficient (Wildman–Crippen LogP) is 7.64. The number of esters is 2. The fourth-order valence-corrected chi connectivity index (χ4v) is 5.01. The van der Waals surface area contributed by atoms with Gasteiger partial charge in [-0.25, -0.2) is 4.79 Å². The van der Waals surface area contributed by atoms with Crippen LogP contribution < -0.4 is 0 Å². The molecule has 0 aromatic carbocycles. The Morgan fingerprint density at radius 2 is 1.11 bits per heavy atom. The van der Waals surface area contributed by atoms with Gasteiger partial charge in [-0.15, -0.1) is 0 Å². The van der Waals surface area contributed by atoms with E-state index in [1.54, 1.807) is 0 Å².